The molecule has 1 aromatic carbocycles. The number of hydrogen-bond donors (Lipinski definition) is 2. The van der Waals surface area contributed by atoms with Crippen LogP contribution in [0.3, 0.4) is 0 Å². The minimum absolute atomic E-state index is 0.107. The summed E-state index contributed by atoms with van der Waals surface area (Å²) in [5, 5.41) is 9.42. The molecule has 0 saturated carbocycles. The number of nitrogens with zero attached hydrogens (tertiary/aromatic N) is 2. The summed E-state index contributed by atoms with van der Waals surface area (Å²) in [6.07, 6.45) is 3.68. The molecule has 1 unspecified atom stereocenters. The van der Waals surface area contributed by atoms with E-state index in [4.69, 9.17) is 10.7 Å². The topological polar surface area (TPSA) is 64.1 Å². The fraction of sp³-hybridized carbons (Fsp3) is 0.562. The van der Waals surface area contributed by atoms with E-state index in [2.05, 4.69) is 25.3 Å². The molecule has 20 heavy (non-hydrogen) atoms. The molecule has 0 bridgehead atoms. The Bertz CT molecular complexity index is 591. The van der Waals surface area contributed by atoms with Crippen LogP contribution in [0.4, 0.5) is 5.69 Å². The van der Waals surface area contributed by atoms with Crippen molar-refractivity contribution in [3.8, 4) is 0 Å². The van der Waals surface area contributed by atoms with E-state index in [9.17, 15) is 5.11 Å². The van der Waals surface area contributed by atoms with E-state index in [1.54, 1.807) is 0 Å². The van der Waals surface area contributed by atoms with Gasteiger partial charge < -0.3 is 15.4 Å². The van der Waals surface area contributed by atoms with Crippen molar-refractivity contribution in [1.29, 1.82) is 0 Å². The summed E-state index contributed by atoms with van der Waals surface area (Å²) < 4.78 is 2.31. The van der Waals surface area contributed by atoms with Crippen molar-refractivity contribution in [3.63, 3.8) is 0 Å². The zero-order chi connectivity index (χ0) is 14.8. The van der Waals surface area contributed by atoms with Crippen LogP contribution in [0.25, 0.3) is 11.0 Å². The average Bonchev–Trinajstić information content (AvgIpc) is 2.77. The van der Waals surface area contributed by atoms with Gasteiger partial charge in [-0.2, -0.15) is 0 Å². The fourth-order valence-corrected chi connectivity index (χ4v) is 2.83. The number of aryl methyl sites for hydroxylation is 1. The van der Waals surface area contributed by atoms with Crippen LogP contribution < -0.4 is 5.73 Å². The summed E-state index contributed by atoms with van der Waals surface area (Å²) in [4.78, 5) is 4.76. The van der Waals surface area contributed by atoms with Gasteiger partial charge in [0.15, 0.2) is 0 Å². The van der Waals surface area contributed by atoms with Crippen molar-refractivity contribution in [1.82, 2.24) is 9.55 Å². The summed E-state index contributed by atoms with van der Waals surface area (Å²) in [5.74, 6) is 1.09. The molecular weight excluding hydrogens is 250 g/mol. The molecule has 1 heterocycles. The maximum atomic E-state index is 9.42. The van der Waals surface area contributed by atoms with Crippen LogP contribution in [0.5, 0.6) is 0 Å². The first kappa shape index (κ1) is 14.9. The van der Waals surface area contributed by atoms with Crippen LogP contribution in [-0.2, 0) is 12.0 Å². The Kier molecular flexibility index (Phi) is 4.33. The number of aliphatic hydroxyl groups excluding tert-OH is 1. The minimum Gasteiger partial charge on any atom is -0.399 e. The zero-order valence-corrected chi connectivity index (χ0v) is 12.7. The van der Waals surface area contributed by atoms with E-state index >= 15 is 0 Å². The number of aromatic nitrogens is 2. The van der Waals surface area contributed by atoms with Gasteiger partial charge >= 0.3 is 0 Å². The Morgan fingerprint density at radius 2 is 2.10 bits per heavy atom. The van der Waals surface area contributed by atoms with E-state index in [-0.39, 0.29) is 12.1 Å². The second-order valence-electron chi connectivity index (χ2n) is 5.69. The second-order valence-corrected chi connectivity index (χ2v) is 5.69. The molecule has 0 aliphatic heterocycles. The minimum atomic E-state index is -0.107. The number of aliphatic hydroxyl groups is 1. The maximum absolute atomic E-state index is 9.42. The zero-order valence-electron chi connectivity index (χ0n) is 12.7. The third-order valence-electron chi connectivity index (χ3n) is 4.17. The third-order valence-corrected chi connectivity index (χ3v) is 4.17. The Morgan fingerprint density at radius 1 is 1.35 bits per heavy atom. The van der Waals surface area contributed by atoms with E-state index in [0.29, 0.717) is 0 Å². The molecule has 4 heteroatoms. The standard InChI is InChI=1S/C16H25N3O/c1-4-6-15-18-13-11-12(17)7-8-14(13)19(15)16(3,5-2)9-10-20/h7-8,11,20H,4-6,9-10,17H2,1-3H3. The van der Waals surface area contributed by atoms with Crippen molar-refractivity contribution >= 4 is 16.7 Å². The molecule has 2 rings (SSSR count). The van der Waals surface area contributed by atoms with Gasteiger partial charge in [0.05, 0.1) is 11.0 Å². The highest BCUT2D eigenvalue weighted by atomic mass is 16.3. The normalized spacial score (nSPS) is 14.6. The van der Waals surface area contributed by atoms with E-state index in [1.807, 2.05) is 18.2 Å². The number of imidazole rings is 1. The molecule has 0 saturated heterocycles. The van der Waals surface area contributed by atoms with Gasteiger partial charge in [-0.05, 0) is 44.4 Å². The van der Waals surface area contributed by atoms with Crippen molar-refractivity contribution in [2.75, 3.05) is 12.3 Å². The third kappa shape index (κ3) is 2.52. The first-order valence-electron chi connectivity index (χ1n) is 7.44. The summed E-state index contributed by atoms with van der Waals surface area (Å²) in [5.41, 5.74) is 8.56. The molecule has 0 aliphatic carbocycles. The molecule has 0 radical (unpaired) electrons. The highest BCUT2D eigenvalue weighted by molar-refractivity contribution is 5.80. The highest BCUT2D eigenvalue weighted by Gasteiger charge is 2.28. The second kappa shape index (κ2) is 5.83. The molecule has 3 N–H and O–H groups in total. The van der Waals surface area contributed by atoms with E-state index in [0.717, 1.165) is 48.2 Å². The van der Waals surface area contributed by atoms with Gasteiger partial charge in [-0.1, -0.05) is 13.8 Å². The van der Waals surface area contributed by atoms with Crippen molar-refractivity contribution in [2.24, 2.45) is 0 Å². The molecule has 2 aromatic rings. The van der Waals surface area contributed by atoms with Gasteiger partial charge in [0, 0.05) is 24.3 Å². The molecule has 4 nitrogen and oxygen atoms in total. The summed E-state index contributed by atoms with van der Waals surface area (Å²) in [7, 11) is 0. The van der Waals surface area contributed by atoms with Crippen molar-refractivity contribution in [2.45, 2.75) is 52.0 Å². The number of nitrogens with two attached hydrogens (primary N) is 1. The average molecular weight is 275 g/mol. The number of nitrogen functional groups attached to an aromatic ring is 1. The summed E-state index contributed by atoms with van der Waals surface area (Å²) >= 11 is 0. The van der Waals surface area contributed by atoms with Crippen LogP contribution >= 0.6 is 0 Å². The van der Waals surface area contributed by atoms with Gasteiger partial charge in [0.1, 0.15) is 5.82 Å². The number of hydrogen-bond acceptors (Lipinski definition) is 3. The van der Waals surface area contributed by atoms with Gasteiger partial charge in [0.25, 0.3) is 0 Å². The smallest absolute Gasteiger partial charge is 0.110 e. The Labute approximate surface area is 120 Å². The lowest BCUT2D eigenvalue weighted by Crippen LogP contribution is -2.32. The number of rotatable bonds is 6. The Hall–Kier alpha value is -1.55. The summed E-state index contributed by atoms with van der Waals surface area (Å²) in [6, 6.07) is 5.90. The van der Waals surface area contributed by atoms with Crippen LogP contribution in [-0.4, -0.2) is 21.3 Å². The van der Waals surface area contributed by atoms with E-state index < -0.39 is 0 Å². The van der Waals surface area contributed by atoms with E-state index in [1.165, 1.54) is 0 Å². The lowest BCUT2D eigenvalue weighted by atomic mass is 9.93. The van der Waals surface area contributed by atoms with Gasteiger partial charge in [0.2, 0.25) is 0 Å². The monoisotopic (exact) mass is 275 g/mol. The molecule has 1 atom stereocenters. The molecule has 0 amide bonds. The predicted molar refractivity (Wildman–Crippen MR) is 83.8 cm³/mol. The predicted octanol–water partition coefficient (Wildman–Crippen LogP) is 3.08. The van der Waals surface area contributed by atoms with Crippen LogP contribution in [0.1, 0.15) is 45.9 Å². The molecule has 110 valence electrons. The lowest BCUT2D eigenvalue weighted by Gasteiger charge is -2.32. The molecule has 0 fully saturated rings. The highest BCUT2D eigenvalue weighted by Crippen LogP contribution is 2.32. The molecule has 0 aliphatic rings. The van der Waals surface area contributed by atoms with Crippen LogP contribution in [0.15, 0.2) is 18.2 Å². The van der Waals surface area contributed by atoms with Crippen LogP contribution in [0.2, 0.25) is 0 Å². The van der Waals surface area contributed by atoms with Gasteiger partial charge in [-0.3, -0.25) is 0 Å². The van der Waals surface area contributed by atoms with Crippen molar-refractivity contribution in [3.05, 3.63) is 24.0 Å². The number of anilines is 1. The fourth-order valence-electron chi connectivity index (χ4n) is 2.83. The maximum Gasteiger partial charge on any atom is 0.110 e. The first-order chi connectivity index (χ1) is 9.55. The van der Waals surface area contributed by atoms with Crippen LogP contribution in [0, 0.1) is 0 Å². The molecule has 1 aromatic heterocycles. The number of benzene rings is 1. The lowest BCUT2D eigenvalue weighted by molar-refractivity contribution is 0.194. The molecule has 0 spiro atoms. The number of fused-ring (bicyclic) bond motifs is 1. The van der Waals surface area contributed by atoms with Gasteiger partial charge in [-0.25, -0.2) is 4.98 Å². The first-order valence-corrected chi connectivity index (χ1v) is 7.44. The quantitative estimate of drug-likeness (QED) is 0.796. The molecular formula is C16H25N3O. The summed E-state index contributed by atoms with van der Waals surface area (Å²) in [6.45, 7) is 6.70. The van der Waals surface area contributed by atoms with Gasteiger partial charge in [-0.15, -0.1) is 0 Å². The Balaban J connectivity index is 2.67. The SMILES string of the molecule is CCCc1nc2cc(N)ccc2n1C(C)(CC)CCO. The Morgan fingerprint density at radius 3 is 2.70 bits per heavy atom. The van der Waals surface area contributed by atoms with Crippen molar-refractivity contribution < 1.29 is 5.11 Å². The largest absolute Gasteiger partial charge is 0.399 e.